The van der Waals surface area contributed by atoms with Crippen LogP contribution in [0.15, 0.2) is 18.2 Å². The van der Waals surface area contributed by atoms with E-state index in [1.807, 2.05) is 18.9 Å². The number of halogens is 1. The van der Waals surface area contributed by atoms with Gasteiger partial charge in [0.1, 0.15) is 11.5 Å². The van der Waals surface area contributed by atoms with Crippen molar-refractivity contribution in [3.63, 3.8) is 0 Å². The van der Waals surface area contributed by atoms with E-state index in [1.165, 1.54) is 6.07 Å². The average Bonchev–Trinajstić information content (AvgIpc) is 3.11. The zero-order valence-corrected chi connectivity index (χ0v) is 17.3. The summed E-state index contributed by atoms with van der Waals surface area (Å²) in [5, 5.41) is 3.59. The number of amides is 2. The molecule has 0 spiro atoms. The van der Waals surface area contributed by atoms with Gasteiger partial charge >= 0.3 is 0 Å². The number of rotatable bonds is 4. The summed E-state index contributed by atoms with van der Waals surface area (Å²) in [5.74, 6) is -0.390. The van der Waals surface area contributed by atoms with Gasteiger partial charge in [0.05, 0.1) is 11.6 Å². The maximum atomic E-state index is 14.0. The van der Waals surface area contributed by atoms with Crippen molar-refractivity contribution in [2.75, 3.05) is 20.1 Å². The molecule has 6 nitrogen and oxygen atoms in total. The molecule has 0 radical (unpaired) electrons. The lowest BCUT2D eigenvalue weighted by Crippen LogP contribution is -2.63. The quantitative estimate of drug-likeness (QED) is 0.829. The van der Waals surface area contributed by atoms with Gasteiger partial charge in [-0.3, -0.25) is 14.5 Å². The van der Waals surface area contributed by atoms with Crippen LogP contribution in [0.5, 0.6) is 0 Å². The van der Waals surface area contributed by atoms with Crippen LogP contribution in [0.1, 0.15) is 48.7 Å². The third kappa shape index (κ3) is 3.88. The van der Waals surface area contributed by atoms with Gasteiger partial charge in [0.2, 0.25) is 5.91 Å². The van der Waals surface area contributed by atoms with Crippen molar-refractivity contribution in [3.8, 4) is 0 Å². The first-order valence-electron chi connectivity index (χ1n) is 10.4. The van der Waals surface area contributed by atoms with Crippen LogP contribution >= 0.6 is 0 Å². The number of H-pyrrole nitrogens is 1. The summed E-state index contributed by atoms with van der Waals surface area (Å²) >= 11 is 0. The number of hydrogen-bond acceptors (Lipinski definition) is 3. The molecule has 29 heavy (non-hydrogen) atoms. The van der Waals surface area contributed by atoms with Crippen LogP contribution in [-0.4, -0.2) is 64.9 Å². The summed E-state index contributed by atoms with van der Waals surface area (Å²) in [7, 11) is 1.86. The molecule has 2 aromatic rings. The molecule has 2 N–H and O–H groups in total. The number of likely N-dealkylation sites (tertiary alicyclic amines) is 1. The van der Waals surface area contributed by atoms with Gasteiger partial charge in [-0.05, 0) is 50.3 Å². The number of aromatic amines is 1. The Hall–Kier alpha value is -2.41. The van der Waals surface area contributed by atoms with Gasteiger partial charge in [-0.25, -0.2) is 4.39 Å². The van der Waals surface area contributed by atoms with Crippen molar-refractivity contribution in [1.29, 1.82) is 0 Å². The number of hydrogen-bond donors (Lipinski definition) is 2. The Balaban J connectivity index is 1.36. The van der Waals surface area contributed by atoms with Gasteiger partial charge in [-0.1, -0.05) is 6.07 Å². The summed E-state index contributed by atoms with van der Waals surface area (Å²) in [4.78, 5) is 31.6. The van der Waals surface area contributed by atoms with Crippen LogP contribution < -0.4 is 5.32 Å². The molecule has 0 bridgehead atoms. The third-order valence-electron chi connectivity index (χ3n) is 6.63. The van der Waals surface area contributed by atoms with Gasteiger partial charge in [0, 0.05) is 44.5 Å². The predicted octanol–water partition coefficient (Wildman–Crippen LogP) is 2.82. The Morgan fingerprint density at radius 1 is 1.28 bits per heavy atom. The molecule has 2 amide bonds. The minimum absolute atomic E-state index is 0.105. The summed E-state index contributed by atoms with van der Waals surface area (Å²) < 4.78 is 14.0. The van der Waals surface area contributed by atoms with E-state index < -0.39 is 0 Å². The molecular formula is C22H29FN4O2. The van der Waals surface area contributed by atoms with E-state index >= 15 is 0 Å². The predicted molar refractivity (Wildman–Crippen MR) is 110 cm³/mol. The Morgan fingerprint density at radius 3 is 2.72 bits per heavy atom. The molecule has 1 aromatic heterocycles. The van der Waals surface area contributed by atoms with Crippen molar-refractivity contribution in [1.82, 2.24) is 20.1 Å². The van der Waals surface area contributed by atoms with Gasteiger partial charge in [0.15, 0.2) is 0 Å². The maximum Gasteiger partial charge on any atom is 0.267 e. The maximum absolute atomic E-state index is 14.0. The molecule has 1 saturated carbocycles. The molecule has 2 atom stereocenters. The zero-order chi connectivity index (χ0) is 20.7. The topological polar surface area (TPSA) is 68.4 Å². The molecule has 7 heteroatoms. The van der Waals surface area contributed by atoms with Crippen molar-refractivity contribution >= 4 is 22.7 Å². The molecule has 2 heterocycles. The highest BCUT2D eigenvalue weighted by atomic mass is 19.1. The average molecular weight is 400 g/mol. The lowest BCUT2D eigenvalue weighted by atomic mass is 9.87. The first-order chi connectivity index (χ1) is 13.8. The van der Waals surface area contributed by atoms with Gasteiger partial charge in [-0.15, -0.1) is 0 Å². The molecule has 2 fully saturated rings. The Morgan fingerprint density at radius 2 is 2.03 bits per heavy atom. The van der Waals surface area contributed by atoms with Crippen LogP contribution in [0.3, 0.4) is 0 Å². The highest BCUT2D eigenvalue weighted by Crippen LogP contribution is 2.28. The number of likely N-dealkylation sites (N-methyl/N-ethyl adjacent to an activating group) is 1. The molecule has 2 aliphatic rings. The van der Waals surface area contributed by atoms with Crippen molar-refractivity contribution in [3.05, 3.63) is 35.3 Å². The Kier molecular flexibility index (Phi) is 5.34. The molecule has 156 valence electrons. The van der Waals surface area contributed by atoms with E-state index in [1.54, 1.807) is 19.1 Å². The first-order valence-corrected chi connectivity index (χ1v) is 10.4. The number of carbonyl (C=O) groups excluding carboxylic acids is 2. The van der Waals surface area contributed by atoms with E-state index in [-0.39, 0.29) is 23.7 Å². The summed E-state index contributed by atoms with van der Waals surface area (Å²) in [6.45, 7) is 5.31. The van der Waals surface area contributed by atoms with Crippen molar-refractivity contribution < 1.29 is 14.0 Å². The van der Waals surface area contributed by atoms with Crippen molar-refractivity contribution in [2.24, 2.45) is 0 Å². The lowest BCUT2D eigenvalue weighted by Gasteiger charge is -2.49. The lowest BCUT2D eigenvalue weighted by molar-refractivity contribution is -0.133. The minimum atomic E-state index is -0.318. The number of nitrogens with zero attached hydrogens (tertiary/aromatic N) is 2. The van der Waals surface area contributed by atoms with Crippen LogP contribution in [0, 0.1) is 12.7 Å². The van der Waals surface area contributed by atoms with E-state index in [4.69, 9.17) is 0 Å². The Bertz CT molecular complexity index is 895. The highest BCUT2D eigenvalue weighted by Gasteiger charge is 2.37. The first kappa shape index (κ1) is 19.9. The number of carbonyl (C=O) groups is 2. The molecule has 0 unspecified atom stereocenters. The van der Waals surface area contributed by atoms with Crippen molar-refractivity contribution in [2.45, 2.75) is 57.7 Å². The summed E-state index contributed by atoms with van der Waals surface area (Å²) in [6, 6.07) is 5.60. The normalized spacial score (nSPS) is 23.0. The van der Waals surface area contributed by atoms with Crippen LogP contribution in [0.2, 0.25) is 0 Å². The van der Waals surface area contributed by atoms with E-state index in [9.17, 15) is 14.0 Å². The summed E-state index contributed by atoms with van der Waals surface area (Å²) in [6.07, 6.45) is 4.07. The fraction of sp³-hybridized carbons (Fsp3) is 0.545. The van der Waals surface area contributed by atoms with Gasteiger partial charge in [0.25, 0.3) is 5.91 Å². The van der Waals surface area contributed by atoms with E-state index in [0.29, 0.717) is 28.7 Å². The van der Waals surface area contributed by atoms with Gasteiger partial charge < -0.3 is 15.2 Å². The fourth-order valence-corrected chi connectivity index (χ4v) is 4.63. The van der Waals surface area contributed by atoms with Crippen LogP contribution in [-0.2, 0) is 4.79 Å². The molecular weight excluding hydrogens is 371 g/mol. The monoisotopic (exact) mass is 400 g/mol. The van der Waals surface area contributed by atoms with Crippen LogP contribution in [0.25, 0.3) is 10.9 Å². The minimum Gasteiger partial charge on any atom is -0.350 e. The second-order valence-corrected chi connectivity index (χ2v) is 8.56. The Labute approximate surface area is 170 Å². The summed E-state index contributed by atoms with van der Waals surface area (Å²) in [5.41, 5.74) is 2.00. The fourth-order valence-electron chi connectivity index (χ4n) is 4.63. The third-order valence-corrected chi connectivity index (χ3v) is 6.63. The van der Waals surface area contributed by atoms with Gasteiger partial charge in [-0.2, -0.15) is 0 Å². The number of nitrogens with one attached hydrogen (secondary N) is 2. The number of aromatic nitrogens is 1. The number of aryl methyl sites for hydroxylation is 1. The molecule has 1 aliphatic heterocycles. The number of benzene rings is 1. The second-order valence-electron chi connectivity index (χ2n) is 8.56. The number of fused-ring (bicyclic) bond motifs is 1. The molecule has 1 saturated heterocycles. The van der Waals surface area contributed by atoms with E-state index in [0.717, 1.165) is 44.3 Å². The molecule has 1 aliphatic carbocycles. The highest BCUT2D eigenvalue weighted by molar-refractivity contribution is 5.99. The van der Waals surface area contributed by atoms with Crippen LogP contribution in [0.4, 0.5) is 4.39 Å². The second kappa shape index (κ2) is 7.78. The molecule has 4 rings (SSSR count). The zero-order valence-electron chi connectivity index (χ0n) is 17.3. The standard InChI is InChI=1S/C22H29FN4O2/c1-13-7-8-19(23)18-10-20(25-21(13)18)22(29)24-15-5-4-6-16(9-15)27-11-17(12-27)26(3)14(2)28/h7-8,10,15-17,25H,4-6,9,11-12H2,1-3H3,(H,24,29)/t15-,16+/m1/s1. The van der Waals surface area contributed by atoms with E-state index in [2.05, 4.69) is 15.2 Å². The smallest absolute Gasteiger partial charge is 0.267 e. The SMILES string of the molecule is CC(=O)N(C)C1CN([C@H]2CCC[C@@H](NC(=O)c3cc4c(F)ccc(C)c4[nH]3)C2)C1. The molecule has 1 aromatic carbocycles. The largest absolute Gasteiger partial charge is 0.350 e.